The van der Waals surface area contributed by atoms with Gasteiger partial charge in [0, 0.05) is 0 Å². The highest BCUT2D eigenvalue weighted by Gasteiger charge is 2.46. The van der Waals surface area contributed by atoms with E-state index in [1.807, 2.05) is 6.92 Å². The van der Waals surface area contributed by atoms with Crippen LogP contribution in [-0.2, 0) is 24.5 Å². The average Bonchev–Trinajstić information content (AvgIpc) is 3.26. The third-order valence-electron chi connectivity index (χ3n) is 3.58. The first-order valence-corrected chi connectivity index (χ1v) is 10.1. The molecule has 1 unspecified atom stereocenters. The van der Waals surface area contributed by atoms with Crippen molar-refractivity contribution in [2.75, 3.05) is 0 Å². The van der Waals surface area contributed by atoms with Crippen LogP contribution >= 0.6 is 0 Å². The molecule has 0 spiro atoms. The van der Waals surface area contributed by atoms with Gasteiger partial charge in [0.05, 0.1) is 15.9 Å². The van der Waals surface area contributed by atoms with Crippen molar-refractivity contribution >= 4 is 19.8 Å². The Bertz CT molecular complexity index is 928. The zero-order chi connectivity index (χ0) is 16.7. The summed E-state index contributed by atoms with van der Waals surface area (Å²) in [4.78, 5) is 0.394. The molecule has 1 fully saturated rings. The van der Waals surface area contributed by atoms with E-state index in [4.69, 9.17) is 4.74 Å². The van der Waals surface area contributed by atoms with Crippen molar-refractivity contribution in [3.8, 4) is 0 Å². The van der Waals surface area contributed by atoms with Crippen molar-refractivity contribution in [2.24, 2.45) is 3.77 Å². The Morgan fingerprint density at radius 1 is 0.913 bits per heavy atom. The van der Waals surface area contributed by atoms with Crippen LogP contribution in [0.15, 0.2) is 68.2 Å². The topological polar surface area (TPSA) is 76.1 Å². The lowest BCUT2D eigenvalue weighted by atomic mass is 10.2. The van der Waals surface area contributed by atoms with Crippen molar-refractivity contribution in [1.29, 1.82) is 0 Å². The third kappa shape index (κ3) is 3.17. The fourth-order valence-corrected chi connectivity index (χ4v) is 6.57. The van der Waals surface area contributed by atoms with E-state index in [0.717, 1.165) is 5.56 Å². The second-order valence-corrected chi connectivity index (χ2v) is 9.55. The van der Waals surface area contributed by atoms with Gasteiger partial charge >= 0.3 is 0 Å². The fourth-order valence-electron chi connectivity index (χ4n) is 2.24. The van der Waals surface area contributed by atoms with E-state index in [2.05, 4.69) is 3.77 Å². The summed E-state index contributed by atoms with van der Waals surface area (Å²) in [5.41, 5.74) is 0.233. The molecule has 2 aromatic carbocycles. The van der Waals surface area contributed by atoms with Crippen LogP contribution in [0.5, 0.6) is 0 Å². The van der Waals surface area contributed by atoms with E-state index in [-0.39, 0.29) is 11.0 Å². The molecule has 122 valence electrons. The Hall–Kier alpha value is -1.70. The van der Waals surface area contributed by atoms with Crippen LogP contribution in [-0.4, -0.2) is 24.2 Å². The molecule has 2 aromatic rings. The van der Waals surface area contributed by atoms with Crippen LogP contribution in [0.4, 0.5) is 0 Å². The van der Waals surface area contributed by atoms with Gasteiger partial charge in [-0.05, 0) is 38.1 Å². The summed E-state index contributed by atoms with van der Waals surface area (Å²) in [5.74, 6) is 0. The van der Waals surface area contributed by atoms with E-state index in [1.54, 1.807) is 49.4 Å². The Balaban J connectivity index is 2.16. The first-order valence-electron chi connectivity index (χ1n) is 7.12. The summed E-state index contributed by atoms with van der Waals surface area (Å²) in [5, 5.41) is 0. The number of hydrogen-bond donors (Lipinski definition) is 0. The highest BCUT2D eigenvalue weighted by Crippen LogP contribution is 2.35. The minimum absolute atomic E-state index is 0.0278. The lowest BCUT2D eigenvalue weighted by Crippen LogP contribution is -2.13. The largest absolute Gasteiger partial charge is 0.354 e. The quantitative estimate of drug-likeness (QED) is 0.794. The lowest BCUT2D eigenvalue weighted by Gasteiger charge is -2.08. The van der Waals surface area contributed by atoms with Crippen molar-refractivity contribution in [3.63, 3.8) is 0 Å². The molecule has 1 saturated heterocycles. The normalized spacial score (nSPS) is 23.0. The van der Waals surface area contributed by atoms with E-state index in [9.17, 15) is 12.6 Å². The van der Waals surface area contributed by atoms with E-state index in [0.29, 0.717) is 4.90 Å². The molecule has 23 heavy (non-hydrogen) atoms. The van der Waals surface area contributed by atoms with Gasteiger partial charge in [-0.15, -0.1) is 0 Å². The van der Waals surface area contributed by atoms with Gasteiger partial charge in [0.2, 0.25) is 0 Å². The average molecular weight is 351 g/mol. The Morgan fingerprint density at radius 3 is 2.00 bits per heavy atom. The van der Waals surface area contributed by atoms with E-state index >= 15 is 0 Å². The van der Waals surface area contributed by atoms with Crippen LogP contribution < -0.4 is 0 Å². The summed E-state index contributed by atoms with van der Waals surface area (Å²) >= 11 is 0. The minimum Gasteiger partial charge on any atom is -0.354 e. The lowest BCUT2D eigenvalue weighted by molar-refractivity contribution is 0.409. The summed E-state index contributed by atoms with van der Waals surface area (Å²) < 4.78 is 47.6. The van der Waals surface area contributed by atoms with Gasteiger partial charge in [0.1, 0.15) is 9.73 Å². The maximum Gasteiger partial charge on any atom is 0.290 e. The molecule has 1 heterocycles. The zero-order valence-electron chi connectivity index (χ0n) is 12.7. The molecular weight excluding hydrogens is 334 g/mol. The summed E-state index contributed by atoms with van der Waals surface area (Å²) in [6.45, 7) is 3.61. The number of epoxide rings is 1. The number of aryl methyl sites for hydroxylation is 1. The molecule has 0 aromatic heterocycles. The summed E-state index contributed by atoms with van der Waals surface area (Å²) in [7, 11) is -7.27. The van der Waals surface area contributed by atoms with Crippen LogP contribution in [0.25, 0.3) is 0 Å². The standard InChI is InChI=1S/C16H17NO4S2/c1-12-8-10-15(11-9-12)23(19,20)17-22(18,16-13(2)21-16)14-6-4-3-5-7-14/h3-11,13,16H,1-2H3/t13-,16-,22?/m1/s1. The van der Waals surface area contributed by atoms with Crippen molar-refractivity contribution < 1.29 is 17.4 Å². The van der Waals surface area contributed by atoms with E-state index < -0.39 is 25.2 Å². The monoisotopic (exact) mass is 351 g/mol. The highest BCUT2D eigenvalue weighted by atomic mass is 32.3. The molecular formula is C16H17NO4S2. The van der Waals surface area contributed by atoms with Gasteiger partial charge in [-0.25, -0.2) is 4.21 Å². The molecule has 0 bridgehead atoms. The van der Waals surface area contributed by atoms with Gasteiger partial charge in [-0.3, -0.25) is 0 Å². The molecule has 0 aliphatic carbocycles. The second kappa shape index (κ2) is 5.74. The summed E-state index contributed by atoms with van der Waals surface area (Å²) in [6.07, 6.45) is -0.278. The number of rotatable bonds is 4. The minimum atomic E-state index is -4.04. The molecule has 3 atom stereocenters. The number of sulfonamides is 1. The Kier molecular flexibility index (Phi) is 4.03. The van der Waals surface area contributed by atoms with Crippen molar-refractivity contribution in [2.45, 2.75) is 35.2 Å². The van der Waals surface area contributed by atoms with Gasteiger partial charge < -0.3 is 4.74 Å². The molecule has 0 N–H and O–H groups in total. The Morgan fingerprint density at radius 2 is 1.48 bits per heavy atom. The maximum absolute atomic E-state index is 13.3. The number of ether oxygens (including phenoxy) is 1. The molecule has 3 rings (SSSR count). The highest BCUT2D eigenvalue weighted by molar-refractivity contribution is 8.03. The van der Waals surface area contributed by atoms with Crippen LogP contribution in [0.2, 0.25) is 0 Å². The van der Waals surface area contributed by atoms with E-state index in [1.165, 1.54) is 12.1 Å². The van der Waals surface area contributed by atoms with Crippen molar-refractivity contribution in [3.05, 3.63) is 60.2 Å². The smallest absolute Gasteiger partial charge is 0.290 e. The SMILES string of the molecule is Cc1ccc(S(=O)(=O)N=S(=O)(c2ccccc2)[C@H]2O[C@@H]2C)cc1. The maximum atomic E-state index is 13.3. The summed E-state index contributed by atoms with van der Waals surface area (Å²) in [6, 6.07) is 14.7. The van der Waals surface area contributed by atoms with Gasteiger partial charge in [0.15, 0.2) is 5.44 Å². The zero-order valence-corrected chi connectivity index (χ0v) is 14.4. The van der Waals surface area contributed by atoms with Crippen molar-refractivity contribution in [1.82, 2.24) is 0 Å². The second-order valence-electron chi connectivity index (χ2n) is 5.45. The van der Waals surface area contributed by atoms with Gasteiger partial charge in [-0.2, -0.15) is 8.42 Å². The predicted octanol–water partition coefficient (Wildman–Crippen LogP) is 2.96. The molecule has 7 heteroatoms. The molecule has 0 radical (unpaired) electrons. The number of nitrogens with zero attached hydrogens (tertiary/aromatic N) is 1. The van der Waals surface area contributed by atoms with Crippen LogP contribution in [0.3, 0.4) is 0 Å². The number of benzene rings is 2. The predicted molar refractivity (Wildman–Crippen MR) is 88.0 cm³/mol. The molecule has 1 aliphatic heterocycles. The number of hydrogen-bond acceptors (Lipinski definition) is 4. The third-order valence-corrected chi connectivity index (χ3v) is 8.19. The molecule has 1 aliphatic rings. The van der Waals surface area contributed by atoms with Crippen LogP contribution in [0.1, 0.15) is 12.5 Å². The molecule has 5 nitrogen and oxygen atoms in total. The fraction of sp³-hybridized carbons (Fsp3) is 0.250. The van der Waals surface area contributed by atoms with Gasteiger partial charge in [-0.1, -0.05) is 39.7 Å². The van der Waals surface area contributed by atoms with Crippen LogP contribution in [0, 0.1) is 6.92 Å². The first kappa shape index (κ1) is 16.2. The molecule has 0 amide bonds. The Labute approximate surface area is 136 Å². The van der Waals surface area contributed by atoms with Gasteiger partial charge in [0.25, 0.3) is 10.0 Å². The molecule has 0 saturated carbocycles. The first-order chi connectivity index (χ1) is 10.8.